The molecule has 0 spiro atoms. The molecule has 2 atom stereocenters. The third kappa shape index (κ3) is 5.53. The molecule has 36 heavy (non-hydrogen) atoms. The van der Waals surface area contributed by atoms with E-state index in [9.17, 15) is 18.7 Å². The summed E-state index contributed by atoms with van der Waals surface area (Å²) in [5.74, 6) is 1.50. The van der Waals surface area contributed by atoms with Gasteiger partial charge in [-0.1, -0.05) is 0 Å². The van der Waals surface area contributed by atoms with Crippen molar-refractivity contribution < 1.29 is 28.2 Å². The number of hydrogen-bond donors (Lipinski definition) is 1. The molecule has 3 heterocycles. The first-order valence-corrected chi connectivity index (χ1v) is 12.6. The minimum Gasteiger partial charge on any atom is -0.494 e. The monoisotopic (exact) mass is 502 g/mol. The molecule has 3 fully saturated rings. The van der Waals surface area contributed by atoms with Crippen LogP contribution < -0.4 is 14.4 Å². The van der Waals surface area contributed by atoms with Crippen LogP contribution in [0.4, 0.5) is 14.7 Å². The molecule has 3 aliphatic rings. The van der Waals surface area contributed by atoms with E-state index in [4.69, 9.17) is 9.47 Å². The number of hydrogen-bond acceptors (Lipinski definition) is 7. The topological polar surface area (TPSA) is 88.0 Å². The molecule has 2 aromatic rings. The Bertz CT molecular complexity index is 1050. The van der Waals surface area contributed by atoms with E-state index in [0.717, 1.165) is 50.4 Å². The Balaban J connectivity index is 1.04. The summed E-state index contributed by atoms with van der Waals surface area (Å²) < 4.78 is 39.7. The van der Waals surface area contributed by atoms with Crippen molar-refractivity contribution in [1.29, 1.82) is 0 Å². The van der Waals surface area contributed by atoms with E-state index < -0.39 is 23.6 Å². The number of methoxy groups -OCH3 is 1. The molecule has 2 aliphatic heterocycles. The van der Waals surface area contributed by atoms with Gasteiger partial charge in [-0.15, -0.1) is 0 Å². The van der Waals surface area contributed by atoms with Gasteiger partial charge in [-0.3, -0.25) is 4.79 Å². The first-order chi connectivity index (χ1) is 17.4. The van der Waals surface area contributed by atoms with Gasteiger partial charge in [-0.25, -0.2) is 18.7 Å². The number of likely N-dealkylation sites (tertiary alicyclic amines) is 1. The zero-order valence-corrected chi connectivity index (χ0v) is 20.4. The number of nitrogens with zero attached hydrogens (tertiary/aromatic N) is 4. The highest BCUT2D eigenvalue weighted by Gasteiger charge is 2.43. The second kappa shape index (κ2) is 10.5. The van der Waals surface area contributed by atoms with Crippen LogP contribution in [0.2, 0.25) is 0 Å². The number of carbonyl (C=O) groups is 1. The number of β-amino-alcohol motifs (C(OH)–C–C–N with tert-alkyl or cyclic N) is 1. The first kappa shape index (κ1) is 24.7. The fourth-order valence-corrected chi connectivity index (χ4v) is 5.37. The van der Waals surface area contributed by atoms with Crippen LogP contribution in [-0.4, -0.2) is 71.9 Å². The van der Waals surface area contributed by atoms with Crippen molar-refractivity contribution >= 4 is 11.9 Å². The van der Waals surface area contributed by atoms with Gasteiger partial charge in [-0.05, 0) is 43.4 Å². The number of anilines is 1. The molecular weight excluding hydrogens is 470 g/mol. The van der Waals surface area contributed by atoms with Crippen LogP contribution in [0.1, 0.15) is 31.2 Å². The van der Waals surface area contributed by atoms with E-state index in [2.05, 4.69) is 14.9 Å². The number of rotatable bonds is 9. The van der Waals surface area contributed by atoms with Gasteiger partial charge in [0, 0.05) is 43.9 Å². The SMILES string of the molecule is COc1cnc(N2CCC([C@H]3CC3CCOc3cc(F)c(CC(=O)N4CC(O)C4)c(F)c3)CC2)nc1. The van der Waals surface area contributed by atoms with Gasteiger partial charge in [0.25, 0.3) is 0 Å². The van der Waals surface area contributed by atoms with Crippen LogP contribution in [0.15, 0.2) is 24.5 Å². The maximum Gasteiger partial charge on any atom is 0.227 e. The van der Waals surface area contributed by atoms with E-state index in [1.165, 1.54) is 11.3 Å². The lowest BCUT2D eigenvalue weighted by Crippen LogP contribution is -2.54. The largest absolute Gasteiger partial charge is 0.494 e. The summed E-state index contributed by atoms with van der Waals surface area (Å²) in [4.78, 5) is 24.5. The van der Waals surface area contributed by atoms with Gasteiger partial charge in [0.05, 0.1) is 38.6 Å². The van der Waals surface area contributed by atoms with Crippen LogP contribution in [-0.2, 0) is 11.2 Å². The number of amides is 1. The molecule has 0 bridgehead atoms. The average molecular weight is 503 g/mol. The normalized spacial score (nSPS) is 22.3. The lowest BCUT2D eigenvalue weighted by molar-refractivity contribution is -0.140. The van der Waals surface area contributed by atoms with Crippen molar-refractivity contribution in [2.45, 2.75) is 38.2 Å². The molecule has 0 radical (unpaired) electrons. The average Bonchev–Trinajstić information content (AvgIpc) is 3.64. The highest BCUT2D eigenvalue weighted by Crippen LogP contribution is 2.49. The lowest BCUT2D eigenvalue weighted by Gasteiger charge is -2.36. The Morgan fingerprint density at radius 3 is 2.39 bits per heavy atom. The second-order valence-electron chi connectivity index (χ2n) is 10.0. The second-order valence-corrected chi connectivity index (χ2v) is 10.0. The predicted molar refractivity (Wildman–Crippen MR) is 128 cm³/mol. The highest BCUT2D eigenvalue weighted by atomic mass is 19.1. The Hall–Kier alpha value is -3.01. The maximum absolute atomic E-state index is 14.5. The van der Waals surface area contributed by atoms with Crippen LogP contribution in [0.25, 0.3) is 0 Å². The van der Waals surface area contributed by atoms with E-state index in [1.807, 2.05) is 0 Å². The van der Waals surface area contributed by atoms with Crippen LogP contribution >= 0.6 is 0 Å². The molecule has 1 N–H and O–H groups in total. The first-order valence-electron chi connectivity index (χ1n) is 12.6. The molecule has 1 aromatic carbocycles. The third-order valence-corrected chi connectivity index (χ3v) is 7.67. The van der Waals surface area contributed by atoms with Crippen LogP contribution in [0.5, 0.6) is 11.5 Å². The Kier molecular flexibility index (Phi) is 7.22. The summed E-state index contributed by atoms with van der Waals surface area (Å²) in [7, 11) is 1.60. The van der Waals surface area contributed by atoms with Gasteiger partial charge < -0.3 is 24.4 Å². The minimum absolute atomic E-state index is 0.144. The zero-order valence-electron chi connectivity index (χ0n) is 20.4. The zero-order chi connectivity index (χ0) is 25.2. The predicted octanol–water partition coefficient (Wildman–Crippen LogP) is 2.83. The summed E-state index contributed by atoms with van der Waals surface area (Å²) in [5.41, 5.74) is -0.262. The molecule has 8 nitrogen and oxygen atoms in total. The van der Waals surface area contributed by atoms with Gasteiger partial charge >= 0.3 is 0 Å². The highest BCUT2D eigenvalue weighted by molar-refractivity contribution is 5.79. The minimum atomic E-state index is -0.781. The fourth-order valence-electron chi connectivity index (χ4n) is 5.37. The van der Waals surface area contributed by atoms with Crippen molar-refractivity contribution in [2.24, 2.45) is 17.8 Å². The maximum atomic E-state index is 14.5. The Morgan fingerprint density at radius 2 is 1.78 bits per heavy atom. The number of piperidine rings is 1. The smallest absolute Gasteiger partial charge is 0.227 e. The molecule has 2 saturated heterocycles. The van der Waals surface area contributed by atoms with E-state index in [-0.39, 0.29) is 30.8 Å². The number of aliphatic hydroxyl groups is 1. The van der Waals surface area contributed by atoms with Gasteiger partial charge in [0.1, 0.15) is 17.4 Å². The number of halogens is 2. The molecule has 194 valence electrons. The third-order valence-electron chi connectivity index (χ3n) is 7.67. The number of benzene rings is 1. The van der Waals surface area contributed by atoms with Crippen molar-refractivity contribution in [3.05, 3.63) is 41.7 Å². The van der Waals surface area contributed by atoms with E-state index >= 15 is 0 Å². The molecule has 10 heteroatoms. The van der Waals surface area contributed by atoms with Crippen LogP contribution in [0.3, 0.4) is 0 Å². The molecule has 1 saturated carbocycles. The van der Waals surface area contributed by atoms with E-state index in [1.54, 1.807) is 19.5 Å². The molecule has 1 aromatic heterocycles. The summed E-state index contributed by atoms with van der Waals surface area (Å²) in [6.45, 7) is 2.69. The molecular formula is C26H32F2N4O4. The Labute approximate surface area is 209 Å². The molecule has 1 amide bonds. The van der Waals surface area contributed by atoms with Crippen LogP contribution in [0, 0.1) is 29.4 Å². The van der Waals surface area contributed by atoms with Crippen molar-refractivity contribution in [2.75, 3.05) is 44.8 Å². The molecule has 1 unspecified atom stereocenters. The number of aliphatic hydroxyl groups excluding tert-OH is 1. The van der Waals surface area contributed by atoms with E-state index in [0.29, 0.717) is 30.1 Å². The van der Waals surface area contributed by atoms with Crippen molar-refractivity contribution in [3.8, 4) is 11.5 Å². The summed E-state index contributed by atoms with van der Waals surface area (Å²) >= 11 is 0. The molecule has 1 aliphatic carbocycles. The van der Waals surface area contributed by atoms with Gasteiger partial charge in [-0.2, -0.15) is 0 Å². The quantitative estimate of drug-likeness (QED) is 0.564. The molecule has 5 rings (SSSR count). The summed E-state index contributed by atoms with van der Waals surface area (Å²) in [5, 5.41) is 9.30. The summed E-state index contributed by atoms with van der Waals surface area (Å²) in [6, 6.07) is 2.30. The number of aromatic nitrogens is 2. The number of carbonyl (C=O) groups excluding carboxylic acids is 1. The van der Waals surface area contributed by atoms with Crippen molar-refractivity contribution in [1.82, 2.24) is 14.9 Å². The summed E-state index contributed by atoms with van der Waals surface area (Å²) in [6.07, 6.45) is 6.69. The lowest BCUT2D eigenvalue weighted by atomic mass is 9.90. The standard InChI is InChI=1S/C26H32F2N4O4/c1-35-20-12-29-26(30-13-20)31-5-2-16(3-6-31)21-8-17(21)4-7-36-19-9-23(27)22(24(28)10-19)11-25(34)32-14-18(33)15-32/h9-10,12-13,16-18,21,33H,2-8,11,14-15H2,1H3/t17?,21-/m1/s1. The van der Waals surface area contributed by atoms with Gasteiger partial charge in [0.15, 0.2) is 5.75 Å². The Morgan fingerprint density at radius 1 is 1.11 bits per heavy atom. The van der Waals surface area contributed by atoms with Crippen molar-refractivity contribution in [3.63, 3.8) is 0 Å². The fraction of sp³-hybridized carbons (Fsp3) is 0.577. The number of ether oxygens (including phenoxy) is 2. The van der Waals surface area contributed by atoms with Gasteiger partial charge in [0.2, 0.25) is 11.9 Å².